The van der Waals surface area contributed by atoms with E-state index in [2.05, 4.69) is 22.2 Å². The molecule has 1 amide bonds. The Morgan fingerprint density at radius 1 is 1.00 bits per heavy atom. The molecule has 0 bridgehead atoms. The third-order valence-electron chi connectivity index (χ3n) is 4.73. The number of anilines is 2. The zero-order valence-corrected chi connectivity index (χ0v) is 16.7. The molecule has 2 heterocycles. The van der Waals surface area contributed by atoms with E-state index in [4.69, 9.17) is 14.2 Å². The third-order valence-corrected chi connectivity index (χ3v) is 4.73. The second-order valence-corrected chi connectivity index (χ2v) is 6.56. The Labute approximate surface area is 165 Å². The summed E-state index contributed by atoms with van der Waals surface area (Å²) in [6.07, 6.45) is 1.63. The molecule has 150 valence electrons. The first-order valence-electron chi connectivity index (χ1n) is 9.06. The van der Waals surface area contributed by atoms with Crippen molar-refractivity contribution in [3.63, 3.8) is 0 Å². The molecule has 1 aliphatic heterocycles. The Morgan fingerprint density at radius 3 is 2.21 bits per heavy atom. The van der Waals surface area contributed by atoms with Crippen LogP contribution in [0.15, 0.2) is 30.5 Å². The van der Waals surface area contributed by atoms with E-state index >= 15 is 0 Å². The van der Waals surface area contributed by atoms with Gasteiger partial charge in [-0.15, -0.1) is 0 Å². The smallest absolute Gasteiger partial charge is 0.254 e. The number of piperazine rings is 1. The number of ether oxygens (including phenoxy) is 3. The first-order valence-corrected chi connectivity index (χ1v) is 9.06. The number of amides is 1. The molecule has 1 aromatic heterocycles. The fourth-order valence-corrected chi connectivity index (χ4v) is 3.13. The molecule has 1 aliphatic rings. The minimum atomic E-state index is 0.0171. The Bertz CT molecular complexity index is 810. The number of hydrogen-bond donors (Lipinski definition) is 1. The van der Waals surface area contributed by atoms with Gasteiger partial charge >= 0.3 is 0 Å². The predicted octanol–water partition coefficient (Wildman–Crippen LogP) is 2.24. The Balaban J connectivity index is 1.80. The maximum absolute atomic E-state index is 12.8. The normalized spacial score (nSPS) is 14.5. The van der Waals surface area contributed by atoms with Gasteiger partial charge in [-0.25, -0.2) is 4.98 Å². The monoisotopic (exact) mass is 386 g/mol. The minimum absolute atomic E-state index is 0.0171. The van der Waals surface area contributed by atoms with Crippen LogP contribution >= 0.6 is 0 Å². The van der Waals surface area contributed by atoms with Crippen molar-refractivity contribution < 1.29 is 19.0 Å². The van der Waals surface area contributed by atoms with Crippen molar-refractivity contribution in [1.82, 2.24) is 14.8 Å². The zero-order chi connectivity index (χ0) is 20.1. The summed E-state index contributed by atoms with van der Waals surface area (Å²) < 4.78 is 16.1. The maximum Gasteiger partial charge on any atom is 0.254 e. The van der Waals surface area contributed by atoms with Crippen LogP contribution < -0.4 is 19.5 Å². The molecular formula is C20H26N4O4. The predicted molar refractivity (Wildman–Crippen MR) is 107 cm³/mol. The van der Waals surface area contributed by atoms with Gasteiger partial charge in [0.2, 0.25) is 5.75 Å². The van der Waals surface area contributed by atoms with Gasteiger partial charge in [0.15, 0.2) is 11.5 Å². The molecule has 3 rings (SSSR count). The lowest BCUT2D eigenvalue weighted by Crippen LogP contribution is -2.47. The van der Waals surface area contributed by atoms with Gasteiger partial charge in [-0.2, -0.15) is 0 Å². The number of rotatable bonds is 6. The number of hydrogen-bond acceptors (Lipinski definition) is 7. The van der Waals surface area contributed by atoms with E-state index in [9.17, 15) is 4.79 Å². The van der Waals surface area contributed by atoms with Gasteiger partial charge in [-0.3, -0.25) is 4.79 Å². The van der Waals surface area contributed by atoms with E-state index in [1.54, 1.807) is 51.8 Å². The molecule has 1 N–H and O–H groups in total. The Hall–Kier alpha value is -3.00. The molecule has 8 heteroatoms. The van der Waals surface area contributed by atoms with Crippen LogP contribution in [0.2, 0.25) is 0 Å². The van der Waals surface area contributed by atoms with Crippen molar-refractivity contribution in [3.05, 3.63) is 36.0 Å². The summed E-state index contributed by atoms with van der Waals surface area (Å²) in [5, 5.41) is 3.20. The highest BCUT2D eigenvalue weighted by Crippen LogP contribution is 2.40. The first kappa shape index (κ1) is 19.8. The molecule has 0 atom stereocenters. The van der Waals surface area contributed by atoms with E-state index in [1.807, 2.05) is 4.90 Å². The number of nitrogens with zero attached hydrogens (tertiary/aromatic N) is 3. The molecule has 28 heavy (non-hydrogen) atoms. The van der Waals surface area contributed by atoms with Crippen molar-refractivity contribution in [3.8, 4) is 17.2 Å². The summed E-state index contributed by atoms with van der Waals surface area (Å²) >= 11 is 0. The number of methoxy groups -OCH3 is 3. The molecule has 1 fully saturated rings. The van der Waals surface area contributed by atoms with Gasteiger partial charge in [0.1, 0.15) is 5.82 Å². The largest absolute Gasteiger partial charge is 0.493 e. The van der Waals surface area contributed by atoms with Gasteiger partial charge in [0.05, 0.1) is 21.3 Å². The molecule has 0 radical (unpaired) electrons. The summed E-state index contributed by atoms with van der Waals surface area (Å²) in [5.74, 6) is 2.17. The summed E-state index contributed by atoms with van der Waals surface area (Å²) in [6.45, 7) is 3.22. The molecule has 2 aromatic rings. The number of aromatic nitrogens is 1. The topological polar surface area (TPSA) is 76.2 Å². The molecule has 0 saturated carbocycles. The van der Waals surface area contributed by atoms with E-state index in [1.165, 1.54) is 0 Å². The standard InChI is InChI=1S/C20H26N4O4/c1-23-7-9-24(10-8-23)20(25)14-5-6-21-18(11-14)22-15-12-16(26-2)19(28-4)17(13-15)27-3/h5-6,11-13H,7-10H2,1-4H3,(H,21,22). The quantitative estimate of drug-likeness (QED) is 0.816. The molecule has 0 aliphatic carbocycles. The lowest BCUT2D eigenvalue weighted by atomic mass is 10.2. The zero-order valence-electron chi connectivity index (χ0n) is 16.7. The first-order chi connectivity index (χ1) is 13.5. The van der Waals surface area contributed by atoms with Crippen LogP contribution in [0.1, 0.15) is 10.4 Å². The summed E-state index contributed by atoms with van der Waals surface area (Å²) in [6, 6.07) is 7.07. The molecule has 8 nitrogen and oxygen atoms in total. The van der Waals surface area contributed by atoms with Crippen LogP contribution in [0.25, 0.3) is 0 Å². The summed E-state index contributed by atoms with van der Waals surface area (Å²) in [7, 11) is 6.75. The number of pyridine rings is 1. The van der Waals surface area contributed by atoms with Crippen LogP contribution in [0.3, 0.4) is 0 Å². The van der Waals surface area contributed by atoms with Crippen LogP contribution in [0.5, 0.6) is 17.2 Å². The van der Waals surface area contributed by atoms with E-state index < -0.39 is 0 Å². The average molecular weight is 386 g/mol. The fourth-order valence-electron chi connectivity index (χ4n) is 3.13. The average Bonchev–Trinajstić information content (AvgIpc) is 2.73. The van der Waals surface area contributed by atoms with Crippen molar-refractivity contribution in [2.45, 2.75) is 0 Å². The van der Waals surface area contributed by atoms with Crippen LogP contribution in [-0.4, -0.2) is 75.2 Å². The van der Waals surface area contributed by atoms with Gasteiger partial charge in [-0.05, 0) is 19.2 Å². The van der Waals surface area contributed by atoms with E-state index in [-0.39, 0.29) is 5.91 Å². The van der Waals surface area contributed by atoms with Crippen molar-refractivity contribution in [2.75, 3.05) is 59.9 Å². The highest BCUT2D eigenvalue weighted by atomic mass is 16.5. The number of benzene rings is 1. The molecular weight excluding hydrogens is 360 g/mol. The minimum Gasteiger partial charge on any atom is -0.493 e. The second kappa shape index (κ2) is 8.79. The van der Waals surface area contributed by atoms with Gasteiger partial charge in [0, 0.05) is 55.8 Å². The SMILES string of the molecule is COc1cc(Nc2cc(C(=O)N3CCN(C)CC3)ccn2)cc(OC)c1OC. The van der Waals surface area contributed by atoms with E-state index in [0.29, 0.717) is 34.3 Å². The number of carbonyl (C=O) groups is 1. The molecule has 1 aromatic carbocycles. The van der Waals surface area contributed by atoms with E-state index in [0.717, 1.165) is 26.2 Å². The molecule has 0 unspecified atom stereocenters. The van der Waals surface area contributed by atoms with Crippen molar-refractivity contribution in [2.24, 2.45) is 0 Å². The fraction of sp³-hybridized carbons (Fsp3) is 0.400. The van der Waals surface area contributed by atoms with Crippen LogP contribution in [-0.2, 0) is 0 Å². The van der Waals surface area contributed by atoms with Crippen molar-refractivity contribution >= 4 is 17.4 Å². The highest BCUT2D eigenvalue weighted by Gasteiger charge is 2.21. The number of nitrogens with one attached hydrogen (secondary N) is 1. The van der Waals surface area contributed by atoms with Crippen molar-refractivity contribution in [1.29, 1.82) is 0 Å². The summed E-state index contributed by atoms with van der Waals surface area (Å²) in [4.78, 5) is 21.2. The van der Waals surface area contributed by atoms with Gasteiger partial charge < -0.3 is 29.3 Å². The number of likely N-dealkylation sites (N-methyl/N-ethyl adjacent to an activating group) is 1. The third kappa shape index (κ3) is 4.28. The number of carbonyl (C=O) groups excluding carboxylic acids is 1. The van der Waals surface area contributed by atoms with Gasteiger partial charge in [0.25, 0.3) is 5.91 Å². The second-order valence-electron chi connectivity index (χ2n) is 6.56. The molecule has 0 spiro atoms. The highest BCUT2D eigenvalue weighted by molar-refractivity contribution is 5.95. The maximum atomic E-state index is 12.8. The summed E-state index contributed by atoms with van der Waals surface area (Å²) in [5.41, 5.74) is 1.32. The lowest BCUT2D eigenvalue weighted by molar-refractivity contribution is 0.0664. The van der Waals surface area contributed by atoms with Crippen LogP contribution in [0, 0.1) is 0 Å². The van der Waals surface area contributed by atoms with Crippen LogP contribution in [0.4, 0.5) is 11.5 Å². The Kier molecular flexibility index (Phi) is 6.20. The Morgan fingerprint density at radius 2 is 1.64 bits per heavy atom. The lowest BCUT2D eigenvalue weighted by Gasteiger charge is -2.32. The molecule has 1 saturated heterocycles. The van der Waals surface area contributed by atoms with Gasteiger partial charge in [-0.1, -0.05) is 0 Å².